The van der Waals surface area contributed by atoms with Crippen molar-refractivity contribution < 1.29 is 14.3 Å². The number of rotatable bonds is 3. The molecule has 1 N–H and O–H groups in total. The lowest BCUT2D eigenvalue weighted by molar-refractivity contribution is -0.120. The number of ether oxygens (including phenoxy) is 1. The van der Waals surface area contributed by atoms with Crippen molar-refractivity contribution in [1.29, 1.82) is 0 Å². The van der Waals surface area contributed by atoms with Gasteiger partial charge in [0.05, 0.1) is 11.9 Å². The molecule has 0 aliphatic carbocycles. The van der Waals surface area contributed by atoms with E-state index in [-0.39, 0.29) is 12.3 Å². The number of urea groups is 1. The molecule has 0 radical (unpaired) electrons. The minimum atomic E-state index is -0.420. The Kier molecular flexibility index (Phi) is 3.69. The van der Waals surface area contributed by atoms with Crippen molar-refractivity contribution in [3.8, 4) is 11.6 Å². The Hall–Kier alpha value is -2.96. The van der Waals surface area contributed by atoms with Crippen LogP contribution in [0, 0.1) is 6.92 Å². The molecule has 3 rings (SSSR count). The van der Waals surface area contributed by atoms with Gasteiger partial charge in [0.1, 0.15) is 5.75 Å². The van der Waals surface area contributed by atoms with Gasteiger partial charge >= 0.3 is 6.03 Å². The summed E-state index contributed by atoms with van der Waals surface area (Å²) < 4.78 is 5.62. The van der Waals surface area contributed by atoms with E-state index < -0.39 is 6.03 Å². The molecule has 1 saturated heterocycles. The fraction of sp³-hybridized carbons (Fsp3) is 0.200. The molecule has 1 fully saturated rings. The van der Waals surface area contributed by atoms with Crippen LogP contribution in [0.3, 0.4) is 0 Å². The Balaban J connectivity index is 1.87. The van der Waals surface area contributed by atoms with Gasteiger partial charge in [-0.05, 0) is 18.6 Å². The molecule has 1 aliphatic rings. The van der Waals surface area contributed by atoms with Gasteiger partial charge < -0.3 is 4.74 Å². The topological polar surface area (TPSA) is 84.4 Å². The van der Waals surface area contributed by atoms with E-state index in [0.717, 1.165) is 5.56 Å². The van der Waals surface area contributed by atoms with Gasteiger partial charge in [-0.1, -0.05) is 6.07 Å². The third-order valence-corrected chi connectivity index (χ3v) is 3.29. The molecule has 0 spiro atoms. The summed E-state index contributed by atoms with van der Waals surface area (Å²) in [6.45, 7) is 2.24. The second-order valence-electron chi connectivity index (χ2n) is 4.85. The number of carbonyl (C=O) groups excluding carboxylic acids is 2. The first-order valence-corrected chi connectivity index (χ1v) is 6.79. The van der Waals surface area contributed by atoms with E-state index >= 15 is 0 Å². The average Bonchev–Trinajstić information content (AvgIpc) is 2.51. The Labute approximate surface area is 126 Å². The Bertz CT molecular complexity index is 718. The molecule has 112 valence electrons. The molecule has 2 aromatic rings. The zero-order valence-corrected chi connectivity index (χ0v) is 11.9. The monoisotopic (exact) mass is 298 g/mol. The number of hydrogen-bond donors (Lipinski definition) is 1. The van der Waals surface area contributed by atoms with Crippen LogP contribution >= 0.6 is 0 Å². The summed E-state index contributed by atoms with van der Waals surface area (Å²) >= 11 is 0. The molecule has 1 aromatic heterocycles. The maximum atomic E-state index is 12.0. The Morgan fingerprint density at radius 3 is 2.86 bits per heavy atom. The molecular formula is C15H14N4O3. The third-order valence-electron chi connectivity index (χ3n) is 3.29. The maximum Gasteiger partial charge on any atom is 0.328 e. The minimum Gasteiger partial charge on any atom is -0.437 e. The fourth-order valence-corrected chi connectivity index (χ4v) is 2.20. The van der Waals surface area contributed by atoms with E-state index in [4.69, 9.17) is 4.74 Å². The van der Waals surface area contributed by atoms with Crippen molar-refractivity contribution in [2.45, 2.75) is 13.3 Å². The highest BCUT2D eigenvalue weighted by Crippen LogP contribution is 2.29. The summed E-state index contributed by atoms with van der Waals surface area (Å²) in [5.41, 5.74) is 1.61. The van der Waals surface area contributed by atoms with E-state index in [1.54, 1.807) is 18.3 Å². The lowest BCUT2D eigenvalue weighted by Crippen LogP contribution is -2.49. The standard InChI is InChI=1S/C15H14N4O3/c1-10-2-3-11(22-14-9-16-5-6-17-14)8-12(10)19-7-4-13(20)18-15(19)21/h2-3,5-6,8-9H,4,7H2,1H3,(H,18,20,21). The van der Waals surface area contributed by atoms with Crippen molar-refractivity contribution in [2.24, 2.45) is 0 Å². The quantitative estimate of drug-likeness (QED) is 0.937. The smallest absolute Gasteiger partial charge is 0.328 e. The van der Waals surface area contributed by atoms with Crippen LogP contribution in [0.5, 0.6) is 11.6 Å². The minimum absolute atomic E-state index is 0.258. The van der Waals surface area contributed by atoms with Gasteiger partial charge in [0, 0.05) is 31.4 Å². The largest absolute Gasteiger partial charge is 0.437 e. The second kappa shape index (κ2) is 5.80. The van der Waals surface area contributed by atoms with E-state index in [1.165, 1.54) is 17.3 Å². The van der Waals surface area contributed by atoms with Crippen LogP contribution in [0.2, 0.25) is 0 Å². The molecule has 0 saturated carbocycles. The summed E-state index contributed by atoms with van der Waals surface area (Å²) in [5.74, 6) is 0.659. The predicted octanol–water partition coefficient (Wildman–Crippen LogP) is 2.02. The third kappa shape index (κ3) is 2.88. The van der Waals surface area contributed by atoms with Crippen molar-refractivity contribution in [3.63, 3.8) is 0 Å². The number of aromatic nitrogens is 2. The summed E-state index contributed by atoms with van der Waals surface area (Å²) in [6.07, 6.45) is 4.88. The molecule has 7 nitrogen and oxygen atoms in total. The summed E-state index contributed by atoms with van der Waals surface area (Å²) in [4.78, 5) is 32.7. The highest BCUT2D eigenvalue weighted by atomic mass is 16.5. The number of aryl methyl sites for hydroxylation is 1. The predicted molar refractivity (Wildman–Crippen MR) is 78.8 cm³/mol. The van der Waals surface area contributed by atoms with Crippen molar-refractivity contribution in [3.05, 3.63) is 42.4 Å². The van der Waals surface area contributed by atoms with Gasteiger partial charge in [0.15, 0.2) is 0 Å². The number of carbonyl (C=O) groups is 2. The zero-order chi connectivity index (χ0) is 15.5. The molecule has 0 atom stereocenters. The second-order valence-corrected chi connectivity index (χ2v) is 4.85. The molecule has 22 heavy (non-hydrogen) atoms. The molecule has 1 aromatic carbocycles. The van der Waals surface area contributed by atoms with Crippen molar-refractivity contribution in [2.75, 3.05) is 11.4 Å². The summed E-state index contributed by atoms with van der Waals surface area (Å²) in [6, 6.07) is 4.97. The van der Waals surface area contributed by atoms with Crippen molar-refractivity contribution in [1.82, 2.24) is 15.3 Å². The number of nitrogens with zero attached hydrogens (tertiary/aromatic N) is 3. The fourth-order valence-electron chi connectivity index (χ4n) is 2.20. The van der Waals surface area contributed by atoms with Gasteiger partial charge in [-0.25, -0.2) is 9.78 Å². The van der Waals surface area contributed by atoms with Gasteiger partial charge in [-0.3, -0.25) is 20.0 Å². The van der Waals surface area contributed by atoms with Crippen LogP contribution in [-0.2, 0) is 4.79 Å². The average molecular weight is 298 g/mol. The van der Waals surface area contributed by atoms with Gasteiger partial charge in [0.25, 0.3) is 0 Å². The van der Waals surface area contributed by atoms with Gasteiger partial charge in [-0.15, -0.1) is 0 Å². The van der Waals surface area contributed by atoms with Crippen LogP contribution < -0.4 is 15.0 Å². The first-order chi connectivity index (χ1) is 10.6. The van der Waals surface area contributed by atoms with Crippen LogP contribution in [0.1, 0.15) is 12.0 Å². The molecule has 0 unspecified atom stereocenters. The molecule has 2 heterocycles. The van der Waals surface area contributed by atoms with Crippen LogP contribution in [-0.4, -0.2) is 28.5 Å². The van der Waals surface area contributed by atoms with Crippen LogP contribution in [0.25, 0.3) is 0 Å². The molecule has 0 bridgehead atoms. The van der Waals surface area contributed by atoms with E-state index in [1.807, 2.05) is 13.0 Å². The molecule has 1 aliphatic heterocycles. The zero-order valence-electron chi connectivity index (χ0n) is 11.9. The first kappa shape index (κ1) is 14.0. The lowest BCUT2D eigenvalue weighted by atomic mass is 10.1. The number of imide groups is 1. The van der Waals surface area contributed by atoms with Crippen LogP contribution in [0.15, 0.2) is 36.8 Å². The lowest BCUT2D eigenvalue weighted by Gasteiger charge is -2.28. The first-order valence-electron chi connectivity index (χ1n) is 6.79. The maximum absolute atomic E-state index is 12.0. The SMILES string of the molecule is Cc1ccc(Oc2cnccn2)cc1N1CCC(=O)NC1=O. The number of anilines is 1. The number of nitrogens with one attached hydrogen (secondary N) is 1. The normalized spacial score (nSPS) is 14.7. The molecule has 7 heteroatoms. The van der Waals surface area contributed by atoms with Crippen molar-refractivity contribution >= 4 is 17.6 Å². The highest BCUT2D eigenvalue weighted by Gasteiger charge is 2.25. The number of hydrogen-bond acceptors (Lipinski definition) is 5. The van der Waals surface area contributed by atoms with E-state index in [9.17, 15) is 9.59 Å². The number of benzene rings is 1. The van der Waals surface area contributed by atoms with Crippen LogP contribution in [0.4, 0.5) is 10.5 Å². The Morgan fingerprint density at radius 1 is 1.27 bits per heavy atom. The molecular weight excluding hydrogens is 284 g/mol. The van der Waals surface area contributed by atoms with Gasteiger partial charge in [-0.2, -0.15) is 0 Å². The molecule has 3 amide bonds. The van der Waals surface area contributed by atoms with E-state index in [0.29, 0.717) is 23.9 Å². The van der Waals surface area contributed by atoms with Gasteiger partial charge in [0.2, 0.25) is 11.8 Å². The Morgan fingerprint density at radius 2 is 2.14 bits per heavy atom. The highest BCUT2D eigenvalue weighted by molar-refractivity contribution is 6.06. The number of amides is 3. The summed E-state index contributed by atoms with van der Waals surface area (Å²) in [5, 5.41) is 2.31. The summed E-state index contributed by atoms with van der Waals surface area (Å²) in [7, 11) is 0. The van der Waals surface area contributed by atoms with E-state index in [2.05, 4.69) is 15.3 Å².